The van der Waals surface area contributed by atoms with Crippen LogP contribution in [0.2, 0.25) is 0 Å². The standard InChI is InChI=1S/C13H23NS/c1-3-5-6-7-8-12(4-2)9-13-10-14-11-15-13/h10-12H,3-9H2,1-2H3. The molecule has 1 unspecified atom stereocenters. The summed E-state index contributed by atoms with van der Waals surface area (Å²) in [4.78, 5) is 5.59. The van der Waals surface area contributed by atoms with Crippen LogP contribution in [0.5, 0.6) is 0 Å². The Morgan fingerprint density at radius 3 is 2.73 bits per heavy atom. The van der Waals surface area contributed by atoms with E-state index in [0.717, 1.165) is 5.92 Å². The van der Waals surface area contributed by atoms with Crippen molar-refractivity contribution in [1.82, 2.24) is 4.98 Å². The molecule has 1 heterocycles. The molecule has 1 nitrogen and oxygen atoms in total. The van der Waals surface area contributed by atoms with Crippen LogP contribution in [0.15, 0.2) is 11.7 Å². The summed E-state index contributed by atoms with van der Waals surface area (Å²) >= 11 is 1.80. The highest BCUT2D eigenvalue weighted by Crippen LogP contribution is 2.21. The lowest BCUT2D eigenvalue weighted by atomic mass is 9.94. The molecule has 0 bridgehead atoms. The van der Waals surface area contributed by atoms with Crippen LogP contribution in [0.4, 0.5) is 0 Å². The monoisotopic (exact) mass is 225 g/mol. The normalized spacial score (nSPS) is 12.9. The van der Waals surface area contributed by atoms with Gasteiger partial charge in [0.15, 0.2) is 0 Å². The highest BCUT2D eigenvalue weighted by molar-refractivity contribution is 7.09. The molecule has 2 heteroatoms. The Bertz CT molecular complexity index is 231. The zero-order valence-electron chi connectivity index (χ0n) is 10.0. The van der Waals surface area contributed by atoms with Gasteiger partial charge in [0, 0.05) is 11.1 Å². The van der Waals surface area contributed by atoms with E-state index in [1.165, 1.54) is 49.8 Å². The molecule has 1 aromatic heterocycles. The Morgan fingerprint density at radius 2 is 2.13 bits per heavy atom. The van der Waals surface area contributed by atoms with Crippen molar-refractivity contribution in [1.29, 1.82) is 0 Å². The van der Waals surface area contributed by atoms with Gasteiger partial charge in [-0.1, -0.05) is 52.4 Å². The number of unbranched alkanes of at least 4 members (excludes halogenated alkanes) is 3. The van der Waals surface area contributed by atoms with E-state index in [1.54, 1.807) is 11.3 Å². The lowest BCUT2D eigenvalue weighted by Gasteiger charge is -2.12. The first-order chi connectivity index (χ1) is 7.36. The smallest absolute Gasteiger partial charge is 0.0794 e. The highest BCUT2D eigenvalue weighted by Gasteiger charge is 2.08. The van der Waals surface area contributed by atoms with Crippen LogP contribution in [0, 0.1) is 5.92 Å². The summed E-state index contributed by atoms with van der Waals surface area (Å²) in [7, 11) is 0. The van der Waals surface area contributed by atoms with Gasteiger partial charge in [-0.2, -0.15) is 0 Å². The van der Waals surface area contributed by atoms with E-state index in [0.29, 0.717) is 0 Å². The fourth-order valence-electron chi connectivity index (χ4n) is 1.94. The predicted octanol–water partition coefficient (Wildman–Crippen LogP) is 4.68. The fraction of sp³-hybridized carbons (Fsp3) is 0.769. The van der Waals surface area contributed by atoms with Crippen LogP contribution >= 0.6 is 11.3 Å². The summed E-state index contributed by atoms with van der Waals surface area (Å²) in [6, 6.07) is 0. The van der Waals surface area contributed by atoms with E-state index in [4.69, 9.17) is 0 Å². The van der Waals surface area contributed by atoms with Crippen LogP contribution in [-0.4, -0.2) is 4.98 Å². The number of thiazole rings is 1. The van der Waals surface area contributed by atoms with Gasteiger partial charge in [0.2, 0.25) is 0 Å². The van der Waals surface area contributed by atoms with Crippen LogP contribution in [0.1, 0.15) is 57.2 Å². The average molecular weight is 225 g/mol. The predicted molar refractivity (Wildman–Crippen MR) is 68.4 cm³/mol. The maximum absolute atomic E-state index is 4.14. The third kappa shape index (κ3) is 5.31. The third-order valence-corrected chi connectivity index (χ3v) is 3.82. The van der Waals surface area contributed by atoms with Crippen molar-refractivity contribution in [3.8, 4) is 0 Å². The molecule has 0 saturated heterocycles. The molecule has 0 aliphatic carbocycles. The zero-order valence-corrected chi connectivity index (χ0v) is 10.9. The second-order valence-electron chi connectivity index (χ2n) is 4.30. The second-order valence-corrected chi connectivity index (χ2v) is 5.27. The van der Waals surface area contributed by atoms with Gasteiger partial charge in [-0.3, -0.25) is 4.98 Å². The summed E-state index contributed by atoms with van der Waals surface area (Å²) in [6.07, 6.45) is 11.5. The lowest BCUT2D eigenvalue weighted by Crippen LogP contribution is -2.02. The topological polar surface area (TPSA) is 12.9 Å². The van der Waals surface area contributed by atoms with Gasteiger partial charge in [0.05, 0.1) is 5.51 Å². The van der Waals surface area contributed by atoms with Gasteiger partial charge in [0.25, 0.3) is 0 Å². The quantitative estimate of drug-likeness (QED) is 0.585. The van der Waals surface area contributed by atoms with Crippen molar-refractivity contribution in [2.75, 3.05) is 0 Å². The number of hydrogen-bond acceptors (Lipinski definition) is 2. The molecule has 86 valence electrons. The molecule has 15 heavy (non-hydrogen) atoms. The molecule has 0 aliphatic rings. The maximum atomic E-state index is 4.14. The third-order valence-electron chi connectivity index (χ3n) is 3.02. The first-order valence-corrected chi connectivity index (χ1v) is 7.12. The van der Waals surface area contributed by atoms with E-state index >= 15 is 0 Å². The molecule has 0 fully saturated rings. The number of rotatable bonds is 8. The molecule has 1 atom stereocenters. The minimum atomic E-state index is 0.877. The molecular weight excluding hydrogens is 202 g/mol. The summed E-state index contributed by atoms with van der Waals surface area (Å²) < 4.78 is 0. The van der Waals surface area contributed by atoms with Gasteiger partial charge >= 0.3 is 0 Å². The van der Waals surface area contributed by atoms with E-state index in [9.17, 15) is 0 Å². The Balaban J connectivity index is 2.18. The van der Waals surface area contributed by atoms with E-state index in [-0.39, 0.29) is 0 Å². The first kappa shape index (κ1) is 12.7. The fourth-order valence-corrected chi connectivity index (χ4v) is 2.65. The SMILES string of the molecule is CCCCCCC(CC)Cc1cncs1. The van der Waals surface area contributed by atoms with E-state index in [1.807, 2.05) is 11.7 Å². The minimum absolute atomic E-state index is 0.877. The van der Waals surface area contributed by atoms with Crippen molar-refractivity contribution in [3.05, 3.63) is 16.6 Å². The lowest BCUT2D eigenvalue weighted by molar-refractivity contribution is 0.441. The van der Waals surface area contributed by atoms with Crippen LogP contribution in [0.25, 0.3) is 0 Å². The van der Waals surface area contributed by atoms with Gasteiger partial charge in [-0.15, -0.1) is 11.3 Å². The van der Waals surface area contributed by atoms with Crippen molar-refractivity contribution >= 4 is 11.3 Å². The van der Waals surface area contributed by atoms with Crippen LogP contribution < -0.4 is 0 Å². The Labute approximate surface area is 97.9 Å². The molecule has 1 rings (SSSR count). The van der Waals surface area contributed by atoms with Crippen LogP contribution in [-0.2, 0) is 6.42 Å². The van der Waals surface area contributed by atoms with Gasteiger partial charge in [0.1, 0.15) is 0 Å². The molecule has 0 aromatic carbocycles. The average Bonchev–Trinajstić information content (AvgIpc) is 2.75. The van der Waals surface area contributed by atoms with Gasteiger partial charge < -0.3 is 0 Å². The number of nitrogens with zero attached hydrogens (tertiary/aromatic N) is 1. The molecule has 1 aromatic rings. The molecule has 0 N–H and O–H groups in total. The molecule has 0 radical (unpaired) electrons. The Kier molecular flexibility index (Phi) is 6.66. The second kappa shape index (κ2) is 7.86. The summed E-state index contributed by atoms with van der Waals surface area (Å²) in [5.41, 5.74) is 1.94. The highest BCUT2D eigenvalue weighted by atomic mass is 32.1. The van der Waals surface area contributed by atoms with Crippen molar-refractivity contribution < 1.29 is 0 Å². The minimum Gasteiger partial charge on any atom is -0.253 e. The largest absolute Gasteiger partial charge is 0.253 e. The molecule has 0 amide bonds. The summed E-state index contributed by atoms with van der Waals surface area (Å²) in [6.45, 7) is 4.58. The summed E-state index contributed by atoms with van der Waals surface area (Å²) in [5, 5.41) is 0. The molecule has 0 saturated carbocycles. The van der Waals surface area contributed by atoms with Crippen molar-refractivity contribution in [2.45, 2.75) is 58.8 Å². The maximum Gasteiger partial charge on any atom is 0.0794 e. The van der Waals surface area contributed by atoms with E-state index in [2.05, 4.69) is 18.8 Å². The first-order valence-electron chi connectivity index (χ1n) is 6.24. The molecular formula is C13H23NS. The number of aromatic nitrogens is 1. The molecule has 0 aliphatic heterocycles. The van der Waals surface area contributed by atoms with Gasteiger partial charge in [-0.05, 0) is 12.3 Å². The Morgan fingerprint density at radius 1 is 1.27 bits per heavy atom. The number of hydrogen-bond donors (Lipinski definition) is 0. The van der Waals surface area contributed by atoms with Crippen molar-refractivity contribution in [3.63, 3.8) is 0 Å². The Hall–Kier alpha value is -0.370. The van der Waals surface area contributed by atoms with Crippen molar-refractivity contribution in [2.24, 2.45) is 5.92 Å². The van der Waals surface area contributed by atoms with Crippen LogP contribution in [0.3, 0.4) is 0 Å². The molecule has 0 spiro atoms. The van der Waals surface area contributed by atoms with Gasteiger partial charge in [-0.25, -0.2) is 0 Å². The van der Waals surface area contributed by atoms with E-state index < -0.39 is 0 Å². The summed E-state index contributed by atoms with van der Waals surface area (Å²) in [5.74, 6) is 0.877. The zero-order chi connectivity index (χ0) is 10.9.